The van der Waals surface area contributed by atoms with Gasteiger partial charge in [0.15, 0.2) is 11.9 Å². The second kappa shape index (κ2) is 9.62. The van der Waals surface area contributed by atoms with Gasteiger partial charge in [-0.25, -0.2) is 18.7 Å². The Morgan fingerprint density at radius 1 is 1.31 bits per heavy atom. The summed E-state index contributed by atoms with van der Waals surface area (Å²) in [5.74, 6) is 0.725. The van der Waals surface area contributed by atoms with E-state index in [0.29, 0.717) is 29.7 Å². The number of nitrogens with zero attached hydrogens (tertiary/aromatic N) is 2. The first-order chi connectivity index (χ1) is 12.5. The maximum absolute atomic E-state index is 13.5. The number of methoxy groups -OCH3 is 1. The molecule has 0 fully saturated rings. The minimum atomic E-state index is -1.79. The highest BCUT2D eigenvalue weighted by atomic mass is 19.2. The van der Waals surface area contributed by atoms with E-state index < -0.39 is 12.8 Å². The minimum Gasteiger partial charge on any atom is -0.487 e. The van der Waals surface area contributed by atoms with Crippen LogP contribution in [0.4, 0.5) is 26.1 Å². The summed E-state index contributed by atoms with van der Waals surface area (Å²) < 4.78 is 36.6. The Labute approximate surface area is 149 Å². The molecule has 0 bridgehead atoms. The molecule has 26 heavy (non-hydrogen) atoms. The second-order valence-electron chi connectivity index (χ2n) is 5.28. The van der Waals surface area contributed by atoms with E-state index in [9.17, 15) is 13.6 Å². The number of nitrogens with one attached hydrogen (secondary N) is 2. The maximum atomic E-state index is 13.5. The van der Waals surface area contributed by atoms with Crippen molar-refractivity contribution in [1.29, 1.82) is 0 Å². The third-order valence-electron chi connectivity index (χ3n) is 3.21. The summed E-state index contributed by atoms with van der Waals surface area (Å²) in [6.07, 6.45) is -0.353. The maximum Gasteiger partial charge on any atom is 0.222 e. The van der Waals surface area contributed by atoms with E-state index in [1.165, 1.54) is 19.2 Å². The summed E-state index contributed by atoms with van der Waals surface area (Å²) in [6.45, 7) is 0.875. The molecule has 0 aliphatic carbocycles. The highest BCUT2D eigenvalue weighted by Crippen LogP contribution is 2.29. The fraction of sp³-hybridized carbons (Fsp3) is 0.353. The van der Waals surface area contributed by atoms with E-state index in [-0.39, 0.29) is 18.2 Å². The Kier molecular flexibility index (Phi) is 7.22. The Balaban J connectivity index is 2.27. The van der Waals surface area contributed by atoms with Gasteiger partial charge in [-0.2, -0.15) is 0 Å². The van der Waals surface area contributed by atoms with Crippen molar-refractivity contribution < 1.29 is 23.0 Å². The van der Waals surface area contributed by atoms with Gasteiger partial charge in [-0.3, -0.25) is 4.79 Å². The van der Waals surface area contributed by atoms with Crippen molar-refractivity contribution in [2.24, 2.45) is 0 Å². The van der Waals surface area contributed by atoms with Crippen LogP contribution in [-0.2, 0) is 9.53 Å². The number of carbonyl (C=O) groups excluding carboxylic acids is 1. The number of ether oxygens (including phenoxy) is 2. The molecule has 9 heteroatoms. The number of halogens is 2. The molecule has 0 spiro atoms. The van der Waals surface area contributed by atoms with Crippen LogP contribution in [0.25, 0.3) is 0 Å². The first-order valence-electron chi connectivity index (χ1n) is 7.87. The summed E-state index contributed by atoms with van der Waals surface area (Å²) >= 11 is 0. The average Bonchev–Trinajstić information content (AvgIpc) is 2.62. The van der Waals surface area contributed by atoms with Crippen LogP contribution >= 0.6 is 0 Å². The smallest absolute Gasteiger partial charge is 0.222 e. The molecular weight excluding hydrogens is 346 g/mol. The van der Waals surface area contributed by atoms with Crippen LogP contribution in [0.2, 0.25) is 0 Å². The van der Waals surface area contributed by atoms with E-state index in [1.54, 1.807) is 25.3 Å². The van der Waals surface area contributed by atoms with E-state index in [4.69, 9.17) is 9.47 Å². The minimum absolute atomic E-state index is 0.0181. The lowest BCUT2D eigenvalue weighted by atomic mass is 10.2. The van der Waals surface area contributed by atoms with Gasteiger partial charge in [-0.05, 0) is 12.1 Å². The molecule has 2 rings (SSSR count). The van der Waals surface area contributed by atoms with Crippen LogP contribution in [-0.4, -0.2) is 42.9 Å². The van der Waals surface area contributed by atoms with E-state index in [2.05, 4.69) is 20.6 Å². The van der Waals surface area contributed by atoms with Crippen LogP contribution in [0, 0.1) is 0 Å². The highest BCUT2D eigenvalue weighted by Gasteiger charge is 2.13. The number of aromatic nitrogens is 2. The molecular formula is C17H20F2N4O3. The molecule has 2 aromatic rings. The zero-order chi connectivity index (χ0) is 18.9. The number of rotatable bonds is 9. The monoisotopic (exact) mass is 366 g/mol. The predicted molar refractivity (Wildman–Crippen MR) is 93.3 cm³/mol. The summed E-state index contributed by atoms with van der Waals surface area (Å²) in [6, 6.07) is 6.13. The molecule has 0 saturated heterocycles. The Hall–Kier alpha value is -2.81. The van der Waals surface area contributed by atoms with Crippen molar-refractivity contribution in [3.05, 3.63) is 36.2 Å². The number of amides is 1. The standard InChI is InChI=1S/C17H20F2N4O3/c1-11(24)21-17-8-14(15(10-20-17)26-7-6-25-2)23-16-5-3-4-13(22-16)12(19)9-18/h3-5,8,10,12H,6-7,9H2,1-2H3,(H2,20,21,22,23,24)/t12-/m1/s1. The van der Waals surface area contributed by atoms with Gasteiger partial charge in [0.05, 0.1) is 24.2 Å². The topological polar surface area (TPSA) is 85.4 Å². The normalized spacial score (nSPS) is 11.7. The predicted octanol–water partition coefficient (Wildman–Crippen LogP) is 3.18. The van der Waals surface area contributed by atoms with Crippen molar-refractivity contribution in [3.63, 3.8) is 0 Å². The van der Waals surface area contributed by atoms with Crippen LogP contribution in [0.1, 0.15) is 18.8 Å². The van der Waals surface area contributed by atoms with Gasteiger partial charge >= 0.3 is 0 Å². The van der Waals surface area contributed by atoms with Gasteiger partial charge < -0.3 is 20.1 Å². The van der Waals surface area contributed by atoms with Gasteiger partial charge in [0, 0.05) is 20.1 Å². The van der Waals surface area contributed by atoms with Crippen LogP contribution in [0.3, 0.4) is 0 Å². The molecule has 0 saturated carbocycles. The number of pyridine rings is 2. The van der Waals surface area contributed by atoms with Crippen LogP contribution < -0.4 is 15.4 Å². The first-order valence-corrected chi connectivity index (χ1v) is 7.87. The van der Waals surface area contributed by atoms with Crippen molar-refractivity contribution in [1.82, 2.24) is 9.97 Å². The van der Waals surface area contributed by atoms with Gasteiger partial charge in [-0.15, -0.1) is 0 Å². The lowest BCUT2D eigenvalue weighted by molar-refractivity contribution is -0.114. The number of carbonyl (C=O) groups is 1. The zero-order valence-electron chi connectivity index (χ0n) is 14.5. The number of hydrogen-bond acceptors (Lipinski definition) is 6. The van der Waals surface area contributed by atoms with Gasteiger partial charge in [0.2, 0.25) is 5.91 Å². The first kappa shape index (κ1) is 19.5. The molecule has 2 N–H and O–H groups in total. The average molecular weight is 366 g/mol. The quantitative estimate of drug-likeness (QED) is 0.663. The lowest BCUT2D eigenvalue weighted by Gasteiger charge is -2.14. The van der Waals surface area contributed by atoms with Gasteiger partial charge in [-0.1, -0.05) is 6.07 Å². The second-order valence-corrected chi connectivity index (χ2v) is 5.28. The summed E-state index contributed by atoms with van der Waals surface area (Å²) in [5, 5.41) is 5.54. The van der Waals surface area contributed by atoms with Crippen molar-refractivity contribution in [2.75, 3.05) is 37.6 Å². The number of alkyl halides is 2. The van der Waals surface area contributed by atoms with Gasteiger partial charge in [0.25, 0.3) is 0 Å². The Morgan fingerprint density at radius 3 is 2.81 bits per heavy atom. The van der Waals surface area contributed by atoms with E-state index >= 15 is 0 Å². The Morgan fingerprint density at radius 2 is 2.12 bits per heavy atom. The summed E-state index contributed by atoms with van der Waals surface area (Å²) in [5.41, 5.74) is 0.440. The van der Waals surface area contributed by atoms with Crippen LogP contribution in [0.5, 0.6) is 5.75 Å². The van der Waals surface area contributed by atoms with E-state index in [0.717, 1.165) is 0 Å². The molecule has 0 aliphatic rings. The number of hydrogen-bond donors (Lipinski definition) is 2. The molecule has 1 amide bonds. The fourth-order valence-electron chi connectivity index (χ4n) is 2.05. The van der Waals surface area contributed by atoms with Crippen molar-refractivity contribution in [3.8, 4) is 5.75 Å². The third kappa shape index (κ3) is 5.62. The zero-order valence-corrected chi connectivity index (χ0v) is 14.5. The molecule has 2 heterocycles. The summed E-state index contributed by atoms with van der Waals surface area (Å²) in [4.78, 5) is 19.4. The Bertz CT molecular complexity index is 746. The van der Waals surface area contributed by atoms with Crippen molar-refractivity contribution >= 4 is 23.2 Å². The van der Waals surface area contributed by atoms with Crippen molar-refractivity contribution in [2.45, 2.75) is 13.1 Å². The molecule has 0 radical (unpaired) electrons. The largest absolute Gasteiger partial charge is 0.487 e. The SMILES string of the molecule is COCCOc1cnc(NC(C)=O)cc1Nc1cccc([C@H](F)CF)n1. The fourth-order valence-corrected chi connectivity index (χ4v) is 2.05. The molecule has 7 nitrogen and oxygen atoms in total. The van der Waals surface area contributed by atoms with E-state index in [1.807, 2.05) is 0 Å². The lowest BCUT2D eigenvalue weighted by Crippen LogP contribution is -2.10. The molecule has 1 atom stereocenters. The van der Waals surface area contributed by atoms with Crippen LogP contribution in [0.15, 0.2) is 30.5 Å². The summed E-state index contributed by atoms with van der Waals surface area (Å²) in [7, 11) is 1.55. The molecule has 0 aromatic carbocycles. The highest BCUT2D eigenvalue weighted by molar-refractivity contribution is 5.88. The number of anilines is 3. The molecule has 0 aliphatic heterocycles. The third-order valence-corrected chi connectivity index (χ3v) is 3.21. The molecule has 140 valence electrons. The molecule has 2 aromatic heterocycles. The molecule has 0 unspecified atom stereocenters. The van der Waals surface area contributed by atoms with Gasteiger partial charge in [0.1, 0.15) is 24.9 Å².